The van der Waals surface area contributed by atoms with Gasteiger partial charge in [0, 0.05) is 5.56 Å². The molecule has 0 saturated heterocycles. The van der Waals surface area contributed by atoms with Crippen LogP contribution in [0.5, 0.6) is 11.5 Å². The maximum Gasteiger partial charge on any atom is 0.275 e. The Hall–Kier alpha value is -3.84. The molecule has 6 nitrogen and oxygen atoms in total. The summed E-state index contributed by atoms with van der Waals surface area (Å²) in [5.41, 5.74) is 4.52. The number of methoxy groups -OCH3 is 1. The Morgan fingerprint density at radius 1 is 1.06 bits per heavy atom. The highest BCUT2D eigenvalue weighted by Gasteiger charge is 2.28. The number of anilines is 1. The van der Waals surface area contributed by atoms with E-state index >= 15 is 0 Å². The third-order valence-electron chi connectivity index (χ3n) is 5.21. The molecule has 0 fully saturated rings. The lowest BCUT2D eigenvalue weighted by molar-refractivity contribution is -0.110. The normalized spacial score (nSPS) is 18.6. The SMILES string of the molecule is COc1cc(C2C=C(c3ccccc3)N=C(N=C3C(=O)Nc4ccccc43)S2)ccc1O. The summed E-state index contributed by atoms with van der Waals surface area (Å²) in [6.07, 6.45) is 2.05. The van der Waals surface area contributed by atoms with E-state index in [4.69, 9.17) is 9.73 Å². The summed E-state index contributed by atoms with van der Waals surface area (Å²) in [6, 6.07) is 22.6. The summed E-state index contributed by atoms with van der Waals surface area (Å²) < 4.78 is 5.28. The van der Waals surface area contributed by atoms with Crippen LogP contribution in [0.1, 0.15) is 21.9 Å². The van der Waals surface area contributed by atoms with Gasteiger partial charge in [0.25, 0.3) is 5.91 Å². The first-order valence-electron chi connectivity index (χ1n) is 10.0. The molecule has 158 valence electrons. The van der Waals surface area contributed by atoms with Gasteiger partial charge < -0.3 is 15.2 Å². The Bertz CT molecular complexity index is 1300. The summed E-state index contributed by atoms with van der Waals surface area (Å²) in [4.78, 5) is 22.0. The summed E-state index contributed by atoms with van der Waals surface area (Å²) >= 11 is 1.44. The van der Waals surface area contributed by atoms with E-state index < -0.39 is 0 Å². The van der Waals surface area contributed by atoms with Crippen LogP contribution >= 0.6 is 11.8 Å². The predicted octanol–water partition coefficient (Wildman–Crippen LogP) is 5.03. The molecule has 0 bridgehead atoms. The number of hydrogen-bond donors (Lipinski definition) is 2. The zero-order valence-electron chi connectivity index (χ0n) is 17.1. The number of rotatable bonds is 3. The van der Waals surface area contributed by atoms with Gasteiger partial charge in [-0.2, -0.15) is 0 Å². The number of benzene rings is 3. The molecule has 32 heavy (non-hydrogen) atoms. The molecule has 1 amide bonds. The molecule has 0 spiro atoms. The fraction of sp³-hybridized carbons (Fsp3) is 0.0800. The third kappa shape index (κ3) is 3.78. The van der Waals surface area contributed by atoms with Crippen molar-refractivity contribution in [3.05, 3.63) is 95.6 Å². The van der Waals surface area contributed by atoms with Crippen molar-refractivity contribution in [2.45, 2.75) is 5.25 Å². The van der Waals surface area contributed by atoms with E-state index in [0.29, 0.717) is 16.6 Å². The summed E-state index contributed by atoms with van der Waals surface area (Å²) in [5, 5.41) is 13.2. The first-order chi connectivity index (χ1) is 15.6. The third-order valence-corrected chi connectivity index (χ3v) is 6.27. The van der Waals surface area contributed by atoms with Gasteiger partial charge in [-0.05, 0) is 35.4 Å². The van der Waals surface area contributed by atoms with E-state index in [9.17, 15) is 9.90 Å². The second-order valence-corrected chi connectivity index (χ2v) is 8.35. The van der Waals surface area contributed by atoms with E-state index in [-0.39, 0.29) is 16.9 Å². The fourth-order valence-corrected chi connectivity index (χ4v) is 4.63. The van der Waals surface area contributed by atoms with Crippen molar-refractivity contribution in [1.82, 2.24) is 0 Å². The average Bonchev–Trinajstić information content (AvgIpc) is 3.14. The number of amides is 1. The van der Waals surface area contributed by atoms with Gasteiger partial charge in [-0.15, -0.1) is 0 Å². The largest absolute Gasteiger partial charge is 0.504 e. The number of para-hydroxylation sites is 1. The zero-order chi connectivity index (χ0) is 22.1. The average molecular weight is 442 g/mol. The standard InChI is InChI=1S/C25H19N3O3S/c1-31-21-13-16(11-12-20(21)29)22-14-19(15-7-3-2-4-8-15)27-25(32-22)28-23-17-9-5-6-10-18(17)26-24(23)30/h2-14,22,29H,1H3,(H,26,27,28,30). The zero-order valence-corrected chi connectivity index (χ0v) is 18.0. The number of fused-ring (bicyclic) bond motifs is 1. The monoisotopic (exact) mass is 441 g/mol. The highest BCUT2D eigenvalue weighted by atomic mass is 32.2. The maximum atomic E-state index is 12.6. The predicted molar refractivity (Wildman–Crippen MR) is 128 cm³/mol. The van der Waals surface area contributed by atoms with Crippen LogP contribution in [-0.4, -0.2) is 29.0 Å². The molecular formula is C25H19N3O3S. The summed E-state index contributed by atoms with van der Waals surface area (Å²) in [5.74, 6) is 0.239. The lowest BCUT2D eigenvalue weighted by atomic mass is 10.1. The molecule has 2 heterocycles. The lowest BCUT2D eigenvalue weighted by Gasteiger charge is -2.20. The second kappa shape index (κ2) is 8.36. The Morgan fingerprint density at radius 2 is 1.84 bits per heavy atom. The Morgan fingerprint density at radius 3 is 2.66 bits per heavy atom. The molecule has 0 aromatic heterocycles. The van der Waals surface area contributed by atoms with Gasteiger partial charge in [-0.1, -0.05) is 66.4 Å². The van der Waals surface area contributed by atoms with Crippen molar-refractivity contribution in [1.29, 1.82) is 0 Å². The minimum atomic E-state index is -0.242. The first kappa shape index (κ1) is 20.1. The van der Waals surface area contributed by atoms with Crippen LogP contribution < -0.4 is 10.1 Å². The van der Waals surface area contributed by atoms with Crippen molar-refractivity contribution in [2.24, 2.45) is 9.98 Å². The number of aromatic hydroxyl groups is 1. The molecule has 3 aromatic rings. The van der Waals surface area contributed by atoms with Crippen LogP contribution in [0.4, 0.5) is 5.69 Å². The lowest BCUT2D eigenvalue weighted by Crippen LogP contribution is -2.16. The van der Waals surface area contributed by atoms with E-state index in [1.165, 1.54) is 18.9 Å². The number of thioether (sulfide) groups is 1. The Labute approximate surface area is 189 Å². The molecule has 0 radical (unpaired) electrons. The molecular weight excluding hydrogens is 422 g/mol. The van der Waals surface area contributed by atoms with E-state index in [2.05, 4.69) is 16.4 Å². The minimum Gasteiger partial charge on any atom is -0.504 e. The van der Waals surface area contributed by atoms with Gasteiger partial charge in [0.2, 0.25) is 0 Å². The number of nitrogens with zero attached hydrogens (tertiary/aromatic N) is 2. The molecule has 0 saturated carbocycles. The minimum absolute atomic E-state index is 0.0812. The van der Waals surface area contributed by atoms with E-state index in [0.717, 1.165) is 28.1 Å². The van der Waals surface area contributed by atoms with E-state index in [1.807, 2.05) is 60.7 Å². The first-order valence-corrected chi connectivity index (χ1v) is 10.9. The van der Waals surface area contributed by atoms with Crippen molar-refractivity contribution < 1.29 is 14.6 Å². The van der Waals surface area contributed by atoms with E-state index in [1.54, 1.807) is 12.1 Å². The van der Waals surface area contributed by atoms with Crippen molar-refractivity contribution in [3.63, 3.8) is 0 Å². The van der Waals surface area contributed by atoms with Crippen molar-refractivity contribution in [2.75, 3.05) is 12.4 Å². The molecule has 3 aromatic carbocycles. The number of aliphatic imine (C=N–C) groups is 2. The molecule has 5 rings (SSSR count). The van der Waals surface area contributed by atoms with Crippen LogP contribution in [0.3, 0.4) is 0 Å². The smallest absolute Gasteiger partial charge is 0.275 e. The number of hydrogen-bond acceptors (Lipinski definition) is 6. The topological polar surface area (TPSA) is 83.3 Å². The molecule has 2 N–H and O–H groups in total. The quantitative estimate of drug-likeness (QED) is 0.597. The highest BCUT2D eigenvalue weighted by molar-refractivity contribution is 8.14. The van der Waals surface area contributed by atoms with Gasteiger partial charge in [-0.3, -0.25) is 4.79 Å². The van der Waals surface area contributed by atoms with Gasteiger partial charge >= 0.3 is 0 Å². The van der Waals surface area contributed by atoms with Gasteiger partial charge in [0.15, 0.2) is 16.7 Å². The van der Waals surface area contributed by atoms with Crippen LogP contribution in [0.25, 0.3) is 5.70 Å². The number of ether oxygens (including phenoxy) is 1. The number of phenols is 1. The van der Waals surface area contributed by atoms with Gasteiger partial charge in [-0.25, -0.2) is 9.98 Å². The maximum absolute atomic E-state index is 12.6. The van der Waals surface area contributed by atoms with Gasteiger partial charge in [0.1, 0.15) is 5.71 Å². The molecule has 2 aliphatic rings. The Balaban J connectivity index is 1.58. The fourth-order valence-electron chi connectivity index (χ4n) is 3.62. The number of carbonyl (C=O) groups is 1. The Kier molecular flexibility index (Phi) is 5.25. The molecule has 2 aliphatic heterocycles. The molecule has 1 atom stereocenters. The molecule has 7 heteroatoms. The van der Waals surface area contributed by atoms with Crippen molar-refractivity contribution in [3.8, 4) is 11.5 Å². The number of carbonyl (C=O) groups excluding carboxylic acids is 1. The van der Waals surface area contributed by atoms with Crippen LogP contribution in [0.2, 0.25) is 0 Å². The number of phenolic OH excluding ortho intramolecular Hbond substituents is 1. The highest BCUT2D eigenvalue weighted by Crippen LogP contribution is 2.42. The number of nitrogens with one attached hydrogen (secondary N) is 1. The number of amidine groups is 1. The van der Waals surface area contributed by atoms with Gasteiger partial charge in [0.05, 0.1) is 23.7 Å². The van der Waals surface area contributed by atoms with Crippen LogP contribution in [0, 0.1) is 0 Å². The second-order valence-electron chi connectivity index (χ2n) is 7.24. The molecule has 0 aliphatic carbocycles. The summed E-state index contributed by atoms with van der Waals surface area (Å²) in [6.45, 7) is 0. The van der Waals surface area contributed by atoms with Crippen LogP contribution in [0.15, 0.2) is 88.9 Å². The van der Waals surface area contributed by atoms with Crippen LogP contribution in [-0.2, 0) is 4.79 Å². The van der Waals surface area contributed by atoms with Crippen molar-refractivity contribution >= 4 is 39.9 Å². The molecule has 1 unspecified atom stereocenters. The summed E-state index contributed by atoms with van der Waals surface area (Å²) in [7, 11) is 1.52.